The number of hydrogen-bond donors (Lipinski definition) is 1. The van der Waals surface area contributed by atoms with Gasteiger partial charge >= 0.3 is 0 Å². The number of hydrogen-bond acceptors (Lipinski definition) is 5. The number of ether oxygens (including phenoxy) is 2. The highest BCUT2D eigenvalue weighted by Gasteiger charge is 2.31. The zero-order valence-corrected chi connectivity index (χ0v) is 12.7. The third kappa shape index (κ3) is 2.66. The highest BCUT2D eigenvalue weighted by molar-refractivity contribution is 7.18. The summed E-state index contributed by atoms with van der Waals surface area (Å²) < 4.78 is 12.4. The van der Waals surface area contributed by atoms with Crippen LogP contribution in [0.4, 0.5) is 0 Å². The number of likely N-dealkylation sites (N-methyl/N-ethyl adjacent to an activating group) is 1. The second-order valence-electron chi connectivity index (χ2n) is 4.92. The summed E-state index contributed by atoms with van der Waals surface area (Å²) in [6.07, 6.45) is 0. The largest absolute Gasteiger partial charge is 0.494 e. The maximum absolute atomic E-state index is 5.61. The molecule has 2 atom stereocenters. The Balaban J connectivity index is 1.88. The smallest absolute Gasteiger partial charge is 0.120 e. The van der Waals surface area contributed by atoms with Crippen LogP contribution in [0.25, 0.3) is 10.2 Å². The van der Waals surface area contributed by atoms with E-state index < -0.39 is 0 Å². The first kappa shape index (κ1) is 13.8. The molecule has 1 fully saturated rings. The van der Waals surface area contributed by atoms with Gasteiger partial charge in [0, 0.05) is 6.04 Å². The average molecular weight is 292 g/mol. The van der Waals surface area contributed by atoms with Crippen molar-refractivity contribution < 1.29 is 9.47 Å². The molecule has 0 aliphatic carbocycles. The number of rotatable bonds is 5. The molecule has 1 aromatic carbocycles. The van der Waals surface area contributed by atoms with Gasteiger partial charge in [-0.1, -0.05) is 6.92 Å². The van der Waals surface area contributed by atoms with Crippen molar-refractivity contribution in [1.29, 1.82) is 0 Å². The molecule has 2 aromatic rings. The van der Waals surface area contributed by atoms with Crippen LogP contribution in [-0.4, -0.2) is 37.4 Å². The summed E-state index contributed by atoms with van der Waals surface area (Å²) in [7, 11) is 0. The maximum atomic E-state index is 5.61. The second-order valence-corrected chi connectivity index (χ2v) is 5.98. The van der Waals surface area contributed by atoms with Gasteiger partial charge in [-0.3, -0.25) is 0 Å². The van der Waals surface area contributed by atoms with Crippen molar-refractivity contribution in [2.45, 2.75) is 25.8 Å². The van der Waals surface area contributed by atoms with Crippen molar-refractivity contribution in [3.05, 3.63) is 23.2 Å². The quantitative estimate of drug-likeness (QED) is 0.920. The van der Waals surface area contributed by atoms with Crippen molar-refractivity contribution in [2.75, 3.05) is 26.4 Å². The number of thiazole rings is 1. The molecule has 0 spiro atoms. The maximum Gasteiger partial charge on any atom is 0.120 e. The molecule has 0 bridgehead atoms. The lowest BCUT2D eigenvalue weighted by atomic mass is 10.1. The lowest BCUT2D eigenvalue weighted by Gasteiger charge is -2.15. The summed E-state index contributed by atoms with van der Waals surface area (Å²) in [4.78, 5) is 4.77. The minimum Gasteiger partial charge on any atom is -0.494 e. The predicted octanol–water partition coefficient (Wildman–Crippen LogP) is 2.79. The Bertz CT molecular complexity index is 584. The molecule has 1 aliphatic rings. The highest BCUT2D eigenvalue weighted by Crippen LogP contribution is 2.34. The highest BCUT2D eigenvalue weighted by atomic mass is 32.1. The van der Waals surface area contributed by atoms with Gasteiger partial charge in [0.1, 0.15) is 10.8 Å². The van der Waals surface area contributed by atoms with Crippen LogP contribution in [0.15, 0.2) is 18.2 Å². The summed E-state index contributed by atoms with van der Waals surface area (Å²) in [5.41, 5.74) is 1.05. The molecule has 4 nitrogen and oxygen atoms in total. The SMILES string of the molecule is CCNC1COCC1c1nc2ccc(OCC)cc2s1. The lowest BCUT2D eigenvalue weighted by Crippen LogP contribution is -2.34. The molecule has 20 heavy (non-hydrogen) atoms. The average Bonchev–Trinajstić information content (AvgIpc) is 3.04. The molecule has 1 N–H and O–H groups in total. The second kappa shape index (κ2) is 6.08. The molecular weight excluding hydrogens is 272 g/mol. The van der Waals surface area contributed by atoms with Gasteiger partial charge in [-0.15, -0.1) is 11.3 Å². The predicted molar refractivity (Wildman–Crippen MR) is 81.8 cm³/mol. The first-order valence-electron chi connectivity index (χ1n) is 7.16. The topological polar surface area (TPSA) is 43.4 Å². The van der Waals surface area contributed by atoms with Gasteiger partial charge < -0.3 is 14.8 Å². The van der Waals surface area contributed by atoms with Crippen molar-refractivity contribution >= 4 is 21.6 Å². The van der Waals surface area contributed by atoms with E-state index in [4.69, 9.17) is 14.5 Å². The molecule has 0 amide bonds. The fourth-order valence-corrected chi connectivity index (χ4v) is 3.75. The van der Waals surface area contributed by atoms with E-state index >= 15 is 0 Å². The lowest BCUT2D eigenvalue weighted by molar-refractivity contribution is 0.188. The van der Waals surface area contributed by atoms with Crippen LogP contribution in [0.5, 0.6) is 5.75 Å². The number of aromatic nitrogens is 1. The van der Waals surface area contributed by atoms with Crippen molar-refractivity contribution in [1.82, 2.24) is 10.3 Å². The minimum atomic E-state index is 0.364. The molecule has 2 unspecified atom stereocenters. The van der Waals surface area contributed by atoms with Crippen molar-refractivity contribution in [3.63, 3.8) is 0 Å². The Hall–Kier alpha value is -1.17. The van der Waals surface area contributed by atoms with Crippen LogP contribution in [0, 0.1) is 0 Å². The van der Waals surface area contributed by atoms with Gasteiger partial charge in [0.2, 0.25) is 0 Å². The van der Waals surface area contributed by atoms with Gasteiger partial charge in [-0.05, 0) is 31.7 Å². The van der Waals surface area contributed by atoms with Gasteiger partial charge in [0.15, 0.2) is 0 Å². The van der Waals surface area contributed by atoms with E-state index in [-0.39, 0.29) is 0 Å². The molecule has 3 rings (SSSR count). The van der Waals surface area contributed by atoms with Crippen molar-refractivity contribution in [3.8, 4) is 5.75 Å². The molecular formula is C15H20N2O2S. The first-order valence-corrected chi connectivity index (χ1v) is 7.98. The summed E-state index contributed by atoms with van der Waals surface area (Å²) >= 11 is 1.75. The van der Waals surface area contributed by atoms with E-state index in [0.717, 1.165) is 36.0 Å². The molecule has 2 heterocycles. The standard InChI is InChI=1S/C15H20N2O2S/c1-3-16-13-9-18-8-11(13)15-17-12-6-5-10(19-4-2)7-14(12)20-15/h5-7,11,13,16H,3-4,8-9H2,1-2H3. The number of nitrogens with zero attached hydrogens (tertiary/aromatic N) is 1. The van der Waals surface area contributed by atoms with Gasteiger partial charge in [-0.2, -0.15) is 0 Å². The number of nitrogens with one attached hydrogen (secondary N) is 1. The van der Waals surface area contributed by atoms with Crippen LogP contribution >= 0.6 is 11.3 Å². The fourth-order valence-electron chi connectivity index (χ4n) is 2.60. The molecule has 1 saturated heterocycles. The zero-order chi connectivity index (χ0) is 13.9. The molecule has 0 radical (unpaired) electrons. The third-order valence-electron chi connectivity index (χ3n) is 3.55. The van der Waals surface area contributed by atoms with E-state index in [1.165, 1.54) is 4.70 Å². The summed E-state index contributed by atoms with van der Waals surface area (Å²) in [5, 5.41) is 4.65. The van der Waals surface area contributed by atoms with Gasteiger partial charge in [0.25, 0.3) is 0 Å². The zero-order valence-electron chi connectivity index (χ0n) is 11.9. The van der Waals surface area contributed by atoms with E-state index in [1.807, 2.05) is 19.1 Å². The summed E-state index contributed by atoms with van der Waals surface area (Å²) in [6.45, 7) is 7.32. The van der Waals surface area contributed by atoms with Crippen LogP contribution in [0.1, 0.15) is 24.8 Å². The van der Waals surface area contributed by atoms with Crippen LogP contribution < -0.4 is 10.1 Å². The normalized spacial score (nSPS) is 22.5. The summed E-state index contributed by atoms with van der Waals surface area (Å²) in [6, 6.07) is 6.49. The van der Waals surface area contributed by atoms with Gasteiger partial charge in [-0.25, -0.2) is 4.98 Å². The Morgan fingerprint density at radius 2 is 2.30 bits per heavy atom. The monoisotopic (exact) mass is 292 g/mol. The van der Waals surface area contributed by atoms with E-state index in [2.05, 4.69) is 18.3 Å². The Kier molecular flexibility index (Phi) is 4.19. The Morgan fingerprint density at radius 3 is 3.10 bits per heavy atom. The van der Waals surface area contributed by atoms with Gasteiger partial charge in [0.05, 0.1) is 36.0 Å². The van der Waals surface area contributed by atoms with Crippen LogP contribution in [0.3, 0.4) is 0 Å². The number of benzene rings is 1. The van der Waals surface area contributed by atoms with E-state index in [0.29, 0.717) is 18.6 Å². The molecule has 108 valence electrons. The minimum absolute atomic E-state index is 0.364. The first-order chi connectivity index (χ1) is 9.81. The van der Waals surface area contributed by atoms with E-state index in [9.17, 15) is 0 Å². The summed E-state index contributed by atoms with van der Waals surface area (Å²) in [5.74, 6) is 1.28. The Labute approximate surface area is 123 Å². The molecule has 5 heteroatoms. The third-order valence-corrected chi connectivity index (χ3v) is 4.70. The molecule has 1 aliphatic heterocycles. The number of fused-ring (bicyclic) bond motifs is 1. The van der Waals surface area contributed by atoms with E-state index in [1.54, 1.807) is 11.3 Å². The van der Waals surface area contributed by atoms with Crippen LogP contribution in [0.2, 0.25) is 0 Å². The fraction of sp³-hybridized carbons (Fsp3) is 0.533. The molecule has 1 aromatic heterocycles. The van der Waals surface area contributed by atoms with Crippen LogP contribution in [-0.2, 0) is 4.74 Å². The molecule has 0 saturated carbocycles. The van der Waals surface area contributed by atoms with Crippen molar-refractivity contribution in [2.24, 2.45) is 0 Å². The Morgan fingerprint density at radius 1 is 1.40 bits per heavy atom.